The van der Waals surface area contributed by atoms with Gasteiger partial charge in [0.25, 0.3) is 0 Å². The highest BCUT2D eigenvalue weighted by Gasteiger charge is 2.34. The molecule has 0 amide bonds. The Morgan fingerprint density at radius 1 is 1.07 bits per heavy atom. The predicted octanol–water partition coefficient (Wildman–Crippen LogP) is 6.15. The third-order valence-corrected chi connectivity index (χ3v) is 4.78. The van der Waals surface area contributed by atoms with Gasteiger partial charge in [0.05, 0.1) is 21.0 Å². The zero-order valence-corrected chi connectivity index (χ0v) is 16.8. The smallest absolute Gasteiger partial charge is 0.416 e. The molecule has 0 spiro atoms. The molecule has 3 rings (SSSR count). The predicted molar refractivity (Wildman–Crippen MR) is 99.5 cm³/mol. The fraction of sp³-hybridized carbons (Fsp3) is 0.133. The molecule has 0 saturated heterocycles. The van der Waals surface area contributed by atoms with Crippen molar-refractivity contribution in [2.45, 2.75) is 9.97 Å². The lowest BCUT2D eigenvalue weighted by Gasteiger charge is -2.14. The van der Waals surface area contributed by atoms with Gasteiger partial charge in [0.15, 0.2) is 11.3 Å². The fourth-order valence-corrected chi connectivity index (χ4v) is 3.59. The molecule has 0 bridgehead atoms. The van der Waals surface area contributed by atoms with E-state index in [1.54, 1.807) is 6.07 Å². The molecule has 0 aliphatic rings. The summed E-state index contributed by atoms with van der Waals surface area (Å²) in [5.41, 5.74) is -1.85. The van der Waals surface area contributed by atoms with Gasteiger partial charge >= 0.3 is 6.18 Å². The first kappa shape index (κ1) is 21.1. The van der Waals surface area contributed by atoms with Crippen LogP contribution in [0.5, 0.6) is 5.88 Å². The van der Waals surface area contributed by atoms with Crippen molar-refractivity contribution in [1.82, 2.24) is 14.8 Å². The number of aromatic nitrogens is 3. The zero-order valence-electron chi connectivity index (χ0n) is 13.0. The van der Waals surface area contributed by atoms with Crippen LogP contribution in [0.25, 0.3) is 16.7 Å². The highest BCUT2D eigenvalue weighted by atomic mass is 35.6. The lowest BCUT2D eigenvalue weighted by Crippen LogP contribution is -2.08. The molecule has 2 aromatic heterocycles. The largest absolute Gasteiger partial charge is 0.493 e. The first-order chi connectivity index (χ1) is 12.8. The van der Waals surface area contributed by atoms with Crippen LogP contribution in [0.15, 0.2) is 18.2 Å². The van der Waals surface area contributed by atoms with Crippen molar-refractivity contribution in [2.24, 2.45) is 0 Å². The minimum atomic E-state index is -4.69. The van der Waals surface area contributed by atoms with E-state index in [0.717, 1.165) is 10.7 Å². The molecule has 13 heteroatoms. The maximum Gasteiger partial charge on any atom is 0.416 e. The van der Waals surface area contributed by atoms with Crippen molar-refractivity contribution in [3.63, 3.8) is 0 Å². The second-order valence-corrected chi connectivity index (χ2v) is 8.48. The Morgan fingerprint density at radius 2 is 1.64 bits per heavy atom. The SMILES string of the molecule is N#Cc1nn(-c2c(Cl)cc(C(F)(F)F)cc2Cl)c2nc(O)cc(C(Cl)(Cl)Cl)c12. The minimum Gasteiger partial charge on any atom is -0.493 e. The molecule has 0 fully saturated rings. The summed E-state index contributed by atoms with van der Waals surface area (Å²) in [6.07, 6.45) is -4.69. The highest BCUT2D eigenvalue weighted by Crippen LogP contribution is 2.45. The van der Waals surface area contributed by atoms with Crippen LogP contribution in [0.4, 0.5) is 13.2 Å². The van der Waals surface area contributed by atoms with Gasteiger partial charge in [-0.2, -0.15) is 28.5 Å². The number of rotatable bonds is 1. The molecule has 1 aromatic carbocycles. The van der Waals surface area contributed by atoms with Gasteiger partial charge in [-0.15, -0.1) is 0 Å². The number of nitriles is 1. The van der Waals surface area contributed by atoms with Crippen molar-refractivity contribution < 1.29 is 18.3 Å². The molecule has 28 heavy (non-hydrogen) atoms. The van der Waals surface area contributed by atoms with Crippen LogP contribution in [0, 0.1) is 11.3 Å². The summed E-state index contributed by atoms with van der Waals surface area (Å²) in [7, 11) is 0. The van der Waals surface area contributed by atoms with E-state index in [9.17, 15) is 23.5 Å². The molecule has 0 aliphatic heterocycles. The van der Waals surface area contributed by atoms with Gasteiger partial charge in [0, 0.05) is 11.6 Å². The van der Waals surface area contributed by atoms with Crippen molar-refractivity contribution in [3.05, 3.63) is 45.1 Å². The van der Waals surface area contributed by atoms with Gasteiger partial charge in [-0.3, -0.25) is 0 Å². The molecule has 5 nitrogen and oxygen atoms in total. The van der Waals surface area contributed by atoms with Crippen LogP contribution in [0.2, 0.25) is 10.0 Å². The van der Waals surface area contributed by atoms with Crippen LogP contribution < -0.4 is 0 Å². The first-order valence-corrected chi connectivity index (χ1v) is 8.90. The van der Waals surface area contributed by atoms with E-state index >= 15 is 0 Å². The number of alkyl halides is 6. The van der Waals surface area contributed by atoms with Gasteiger partial charge in [0.2, 0.25) is 9.67 Å². The fourth-order valence-electron chi connectivity index (χ4n) is 2.49. The number of halogens is 8. The topological polar surface area (TPSA) is 74.7 Å². The van der Waals surface area contributed by atoms with Crippen LogP contribution in [0.1, 0.15) is 16.8 Å². The van der Waals surface area contributed by atoms with Crippen molar-refractivity contribution >= 4 is 69.0 Å². The lowest BCUT2D eigenvalue weighted by atomic mass is 10.1. The molecule has 0 atom stereocenters. The third-order valence-electron chi connectivity index (χ3n) is 3.59. The number of benzene rings is 1. The van der Waals surface area contributed by atoms with E-state index in [1.807, 2.05) is 0 Å². The summed E-state index contributed by atoms with van der Waals surface area (Å²) < 4.78 is 37.7. The molecular weight excluding hydrogens is 486 g/mol. The average Bonchev–Trinajstić information content (AvgIpc) is 2.90. The summed E-state index contributed by atoms with van der Waals surface area (Å²) in [5.74, 6) is -0.585. The van der Waals surface area contributed by atoms with E-state index in [-0.39, 0.29) is 28.0 Å². The van der Waals surface area contributed by atoms with Crippen molar-refractivity contribution in [3.8, 4) is 17.6 Å². The molecule has 146 valence electrons. The van der Waals surface area contributed by atoms with Gasteiger partial charge in [0.1, 0.15) is 11.8 Å². The quantitative estimate of drug-likeness (QED) is 0.415. The Balaban J connectivity index is 2.41. The van der Waals surface area contributed by atoms with Gasteiger partial charge in [-0.25, -0.2) is 4.68 Å². The Kier molecular flexibility index (Phi) is 5.28. The third kappa shape index (κ3) is 3.65. The summed E-state index contributed by atoms with van der Waals surface area (Å²) >= 11 is 29.7. The molecule has 0 unspecified atom stereocenters. The van der Waals surface area contributed by atoms with E-state index in [1.165, 1.54) is 0 Å². The van der Waals surface area contributed by atoms with Crippen LogP contribution in [0.3, 0.4) is 0 Å². The summed E-state index contributed by atoms with van der Waals surface area (Å²) in [4.78, 5) is 3.84. The molecule has 3 aromatic rings. The molecule has 0 aliphatic carbocycles. The number of hydrogen-bond donors (Lipinski definition) is 1. The van der Waals surface area contributed by atoms with E-state index in [0.29, 0.717) is 12.1 Å². The first-order valence-electron chi connectivity index (χ1n) is 7.01. The highest BCUT2D eigenvalue weighted by molar-refractivity contribution is 6.67. The van der Waals surface area contributed by atoms with Gasteiger partial charge in [-0.1, -0.05) is 58.0 Å². The summed E-state index contributed by atoms with van der Waals surface area (Å²) in [6, 6.07) is 4.08. The molecule has 2 heterocycles. The number of aromatic hydroxyl groups is 1. The molecule has 0 radical (unpaired) electrons. The average molecular weight is 490 g/mol. The zero-order chi connectivity index (χ0) is 21.0. The molecule has 1 N–H and O–H groups in total. The standard InChI is InChI=1S/C15H4Cl5F3N4O/c16-7-1-5(15(21,22)23)2-8(17)12(7)27-13-11(9(4-24)26-27)6(14(18,19)20)3-10(28)25-13/h1-3H,(H,25,28). The Labute approximate surface area is 179 Å². The maximum atomic E-state index is 13.0. The number of pyridine rings is 1. The van der Waals surface area contributed by atoms with Crippen molar-refractivity contribution in [2.75, 3.05) is 0 Å². The van der Waals surface area contributed by atoms with Crippen LogP contribution in [-0.4, -0.2) is 19.9 Å². The normalized spacial score (nSPS) is 12.4. The van der Waals surface area contributed by atoms with E-state index < -0.39 is 31.5 Å². The lowest BCUT2D eigenvalue weighted by molar-refractivity contribution is -0.137. The van der Waals surface area contributed by atoms with Crippen LogP contribution >= 0.6 is 58.0 Å². The monoisotopic (exact) mass is 488 g/mol. The minimum absolute atomic E-state index is 0.0349. The Morgan fingerprint density at radius 3 is 2.11 bits per heavy atom. The second kappa shape index (κ2) is 7.01. The molecular formula is C15H4Cl5F3N4O. The number of nitrogens with zero attached hydrogens (tertiary/aromatic N) is 4. The van der Waals surface area contributed by atoms with E-state index in [4.69, 9.17) is 58.0 Å². The van der Waals surface area contributed by atoms with Crippen LogP contribution in [-0.2, 0) is 9.97 Å². The number of fused-ring (bicyclic) bond motifs is 1. The number of hydrogen-bond acceptors (Lipinski definition) is 4. The van der Waals surface area contributed by atoms with Crippen molar-refractivity contribution in [1.29, 1.82) is 5.26 Å². The maximum absolute atomic E-state index is 13.0. The van der Waals surface area contributed by atoms with E-state index in [2.05, 4.69) is 10.1 Å². The second-order valence-electron chi connectivity index (χ2n) is 5.38. The Hall–Kier alpha value is -1.63. The van der Waals surface area contributed by atoms with Gasteiger partial charge in [-0.05, 0) is 12.1 Å². The summed E-state index contributed by atoms with van der Waals surface area (Å²) in [6.45, 7) is 0. The Bertz CT molecular complexity index is 1120. The van der Waals surface area contributed by atoms with Gasteiger partial charge < -0.3 is 5.11 Å². The summed E-state index contributed by atoms with van der Waals surface area (Å²) in [5, 5.41) is 22.4. The molecule has 0 saturated carbocycles.